The molecule has 1 saturated heterocycles. The molecule has 2 unspecified atom stereocenters. The molecule has 100 valence electrons. The molecule has 0 saturated carbocycles. The van der Waals surface area contributed by atoms with Gasteiger partial charge in [0.1, 0.15) is 0 Å². The minimum Gasteiger partial charge on any atom is -0.338 e. The molecule has 0 aromatic carbocycles. The minimum atomic E-state index is -0.412. The number of rotatable bonds is 1. The standard InChI is InChI=1S/C13H27N3O/c1-9-7-16(8-10(2)15(9)6)12(17)11(14)13(3,4)5/h9-11H,7-8,14H2,1-6H3/t9?,10?,11-/m0/s1. The predicted octanol–water partition coefficient (Wildman–Crippen LogP) is 0.911. The van der Waals surface area contributed by atoms with Crippen LogP contribution in [-0.4, -0.2) is 54.0 Å². The number of hydrogen-bond donors (Lipinski definition) is 1. The summed E-state index contributed by atoms with van der Waals surface area (Å²) in [5.41, 5.74) is 5.87. The maximum Gasteiger partial charge on any atom is 0.240 e. The van der Waals surface area contributed by atoms with Gasteiger partial charge in [0.05, 0.1) is 6.04 Å². The summed E-state index contributed by atoms with van der Waals surface area (Å²) < 4.78 is 0. The van der Waals surface area contributed by atoms with Gasteiger partial charge >= 0.3 is 0 Å². The summed E-state index contributed by atoms with van der Waals surface area (Å²) in [5.74, 6) is 0.0873. The highest BCUT2D eigenvalue weighted by Gasteiger charge is 2.35. The zero-order chi connectivity index (χ0) is 13.4. The van der Waals surface area contributed by atoms with Crippen molar-refractivity contribution in [2.24, 2.45) is 11.1 Å². The van der Waals surface area contributed by atoms with E-state index in [1.165, 1.54) is 0 Å². The molecule has 4 heteroatoms. The van der Waals surface area contributed by atoms with Crippen LogP contribution in [0.5, 0.6) is 0 Å². The van der Waals surface area contributed by atoms with Crippen molar-refractivity contribution in [1.82, 2.24) is 9.80 Å². The number of piperazine rings is 1. The Hall–Kier alpha value is -0.610. The van der Waals surface area contributed by atoms with Crippen molar-refractivity contribution in [3.63, 3.8) is 0 Å². The molecule has 1 fully saturated rings. The lowest BCUT2D eigenvalue weighted by Crippen LogP contribution is -2.60. The highest BCUT2D eigenvalue weighted by Crippen LogP contribution is 2.21. The molecule has 1 aliphatic rings. The molecule has 4 nitrogen and oxygen atoms in total. The van der Waals surface area contributed by atoms with E-state index in [9.17, 15) is 4.79 Å². The highest BCUT2D eigenvalue weighted by molar-refractivity contribution is 5.82. The molecule has 1 rings (SSSR count). The second kappa shape index (κ2) is 4.94. The third-order valence-electron chi connectivity index (χ3n) is 3.87. The molecule has 0 radical (unpaired) electrons. The molecule has 17 heavy (non-hydrogen) atoms. The fourth-order valence-electron chi connectivity index (χ4n) is 2.15. The van der Waals surface area contributed by atoms with Crippen LogP contribution in [0.15, 0.2) is 0 Å². The van der Waals surface area contributed by atoms with Gasteiger partial charge in [0, 0.05) is 25.2 Å². The van der Waals surface area contributed by atoms with Gasteiger partial charge < -0.3 is 10.6 Å². The number of nitrogens with two attached hydrogens (primary N) is 1. The molecule has 1 amide bonds. The van der Waals surface area contributed by atoms with Gasteiger partial charge in [-0.3, -0.25) is 9.69 Å². The molecule has 0 spiro atoms. The van der Waals surface area contributed by atoms with Crippen LogP contribution in [0.25, 0.3) is 0 Å². The summed E-state index contributed by atoms with van der Waals surface area (Å²) in [6.07, 6.45) is 0. The average Bonchev–Trinajstić information content (AvgIpc) is 2.21. The summed E-state index contributed by atoms with van der Waals surface area (Å²) >= 11 is 0. The Morgan fingerprint density at radius 1 is 1.24 bits per heavy atom. The van der Waals surface area contributed by atoms with Crippen LogP contribution in [0, 0.1) is 5.41 Å². The van der Waals surface area contributed by atoms with Gasteiger partial charge in [-0.05, 0) is 26.3 Å². The maximum absolute atomic E-state index is 12.3. The first kappa shape index (κ1) is 14.5. The SMILES string of the molecule is CC1CN(C(=O)[C@H](N)C(C)(C)C)CC(C)N1C. The number of nitrogens with zero attached hydrogens (tertiary/aromatic N) is 2. The van der Waals surface area contributed by atoms with Crippen molar-refractivity contribution in [2.75, 3.05) is 20.1 Å². The summed E-state index contributed by atoms with van der Waals surface area (Å²) in [7, 11) is 2.11. The smallest absolute Gasteiger partial charge is 0.240 e. The van der Waals surface area contributed by atoms with Crippen molar-refractivity contribution in [2.45, 2.75) is 52.7 Å². The number of amides is 1. The van der Waals surface area contributed by atoms with Crippen LogP contribution in [0.4, 0.5) is 0 Å². The van der Waals surface area contributed by atoms with Gasteiger partial charge in [-0.25, -0.2) is 0 Å². The van der Waals surface area contributed by atoms with Crippen LogP contribution in [0.3, 0.4) is 0 Å². The summed E-state index contributed by atoms with van der Waals surface area (Å²) in [5, 5.41) is 0. The van der Waals surface area contributed by atoms with Crippen molar-refractivity contribution in [3.05, 3.63) is 0 Å². The lowest BCUT2D eigenvalue weighted by Gasteiger charge is -2.44. The van der Waals surface area contributed by atoms with Crippen molar-refractivity contribution < 1.29 is 4.79 Å². The third kappa shape index (κ3) is 3.19. The van der Waals surface area contributed by atoms with Gasteiger partial charge in [-0.15, -0.1) is 0 Å². The number of carbonyl (C=O) groups is 1. The van der Waals surface area contributed by atoms with E-state index in [2.05, 4.69) is 25.8 Å². The van der Waals surface area contributed by atoms with Gasteiger partial charge in [0.15, 0.2) is 0 Å². The third-order valence-corrected chi connectivity index (χ3v) is 3.87. The maximum atomic E-state index is 12.3. The van der Waals surface area contributed by atoms with E-state index in [1.54, 1.807) is 0 Å². The zero-order valence-corrected chi connectivity index (χ0v) is 12.0. The van der Waals surface area contributed by atoms with Gasteiger partial charge in [-0.2, -0.15) is 0 Å². The van der Waals surface area contributed by atoms with E-state index in [0.29, 0.717) is 12.1 Å². The van der Waals surface area contributed by atoms with Crippen LogP contribution < -0.4 is 5.73 Å². The van der Waals surface area contributed by atoms with E-state index in [1.807, 2.05) is 25.7 Å². The number of carbonyl (C=O) groups excluding carboxylic acids is 1. The Kier molecular flexibility index (Phi) is 4.20. The molecule has 0 aliphatic carbocycles. The molecule has 2 N–H and O–H groups in total. The fourth-order valence-corrected chi connectivity index (χ4v) is 2.15. The first-order valence-corrected chi connectivity index (χ1v) is 6.41. The molecule has 0 aromatic rings. The Bertz CT molecular complexity index is 273. The summed E-state index contributed by atoms with van der Waals surface area (Å²) in [6, 6.07) is 0.384. The summed E-state index contributed by atoms with van der Waals surface area (Å²) in [6.45, 7) is 11.9. The van der Waals surface area contributed by atoms with Crippen LogP contribution in [0.2, 0.25) is 0 Å². The number of hydrogen-bond acceptors (Lipinski definition) is 3. The monoisotopic (exact) mass is 241 g/mol. The van der Waals surface area contributed by atoms with E-state index in [0.717, 1.165) is 13.1 Å². The van der Waals surface area contributed by atoms with Gasteiger partial charge in [-0.1, -0.05) is 20.8 Å². The molecule has 0 bridgehead atoms. The molecule has 1 aliphatic heterocycles. The van der Waals surface area contributed by atoms with Crippen molar-refractivity contribution in [3.8, 4) is 0 Å². The van der Waals surface area contributed by atoms with E-state index >= 15 is 0 Å². The Labute approximate surface area is 105 Å². The molecular formula is C13H27N3O. The second-order valence-corrected chi connectivity index (χ2v) is 6.45. The molecule has 3 atom stereocenters. The fraction of sp³-hybridized carbons (Fsp3) is 0.923. The number of likely N-dealkylation sites (N-methyl/N-ethyl adjacent to an activating group) is 1. The highest BCUT2D eigenvalue weighted by atomic mass is 16.2. The Morgan fingerprint density at radius 2 is 1.65 bits per heavy atom. The summed E-state index contributed by atoms with van der Waals surface area (Å²) in [4.78, 5) is 16.6. The Morgan fingerprint density at radius 3 is 2.00 bits per heavy atom. The van der Waals surface area contributed by atoms with E-state index < -0.39 is 6.04 Å². The lowest BCUT2D eigenvalue weighted by molar-refractivity contribution is -0.138. The predicted molar refractivity (Wildman–Crippen MR) is 70.7 cm³/mol. The quantitative estimate of drug-likeness (QED) is 0.742. The van der Waals surface area contributed by atoms with Crippen LogP contribution >= 0.6 is 0 Å². The minimum absolute atomic E-state index is 0.0873. The van der Waals surface area contributed by atoms with Crippen LogP contribution in [-0.2, 0) is 4.79 Å². The molecule has 1 heterocycles. The van der Waals surface area contributed by atoms with Gasteiger partial charge in [0.25, 0.3) is 0 Å². The normalized spacial score (nSPS) is 29.2. The molecular weight excluding hydrogens is 214 g/mol. The Balaban J connectivity index is 2.72. The van der Waals surface area contributed by atoms with E-state index in [-0.39, 0.29) is 11.3 Å². The first-order chi connectivity index (χ1) is 7.64. The van der Waals surface area contributed by atoms with Gasteiger partial charge in [0.2, 0.25) is 5.91 Å². The van der Waals surface area contributed by atoms with Crippen molar-refractivity contribution >= 4 is 5.91 Å². The average molecular weight is 241 g/mol. The topological polar surface area (TPSA) is 49.6 Å². The largest absolute Gasteiger partial charge is 0.338 e. The lowest BCUT2D eigenvalue weighted by atomic mass is 9.86. The molecule has 0 aromatic heterocycles. The second-order valence-electron chi connectivity index (χ2n) is 6.45. The zero-order valence-electron chi connectivity index (χ0n) is 12.0. The van der Waals surface area contributed by atoms with Crippen LogP contribution in [0.1, 0.15) is 34.6 Å². The first-order valence-electron chi connectivity index (χ1n) is 6.41. The van der Waals surface area contributed by atoms with E-state index in [4.69, 9.17) is 5.73 Å². The van der Waals surface area contributed by atoms with Crippen molar-refractivity contribution in [1.29, 1.82) is 0 Å².